The number of fused-ring (bicyclic) bond motifs is 1. The first-order chi connectivity index (χ1) is 9.52. The zero-order valence-corrected chi connectivity index (χ0v) is 11.4. The molecule has 2 aliphatic heterocycles. The molecule has 0 aromatic heterocycles. The molecule has 0 saturated heterocycles. The van der Waals surface area contributed by atoms with E-state index in [0.29, 0.717) is 24.5 Å². The summed E-state index contributed by atoms with van der Waals surface area (Å²) >= 11 is 0. The van der Waals surface area contributed by atoms with Gasteiger partial charge in [0.25, 0.3) is 5.91 Å². The second-order valence-electron chi connectivity index (χ2n) is 4.56. The minimum absolute atomic E-state index is 0.109. The van der Waals surface area contributed by atoms with Gasteiger partial charge in [-0.3, -0.25) is 9.59 Å². The van der Waals surface area contributed by atoms with Crippen molar-refractivity contribution in [1.82, 2.24) is 16.0 Å². The number of amides is 2. The van der Waals surface area contributed by atoms with Crippen molar-refractivity contribution in [2.75, 3.05) is 13.7 Å². The molecule has 0 aromatic rings. The molecule has 7 nitrogen and oxygen atoms in total. The van der Waals surface area contributed by atoms with Crippen LogP contribution in [0.3, 0.4) is 0 Å². The Hall–Kier alpha value is -2.44. The van der Waals surface area contributed by atoms with Crippen molar-refractivity contribution in [2.45, 2.75) is 19.4 Å². The normalized spacial score (nSPS) is 20.2. The molecule has 0 bridgehead atoms. The van der Waals surface area contributed by atoms with Crippen LogP contribution in [0.25, 0.3) is 0 Å². The summed E-state index contributed by atoms with van der Waals surface area (Å²) < 4.78 is 5.16. The average Bonchev–Trinajstić information content (AvgIpc) is 2.76. The van der Waals surface area contributed by atoms with Crippen LogP contribution >= 0.6 is 0 Å². The van der Waals surface area contributed by atoms with Gasteiger partial charge in [-0.1, -0.05) is 0 Å². The van der Waals surface area contributed by atoms with Crippen LogP contribution in [0, 0.1) is 0 Å². The number of hydrogen-bond donors (Lipinski definition) is 4. The minimum Gasteiger partial charge on any atom is -0.482 e. The number of rotatable bonds is 5. The Kier molecular flexibility index (Phi) is 3.97. The monoisotopic (exact) mass is 278 g/mol. The largest absolute Gasteiger partial charge is 0.482 e. The Labute approximate surface area is 116 Å². The number of dihydropyridines is 1. The van der Waals surface area contributed by atoms with Gasteiger partial charge in [-0.2, -0.15) is 0 Å². The lowest BCUT2D eigenvalue weighted by Gasteiger charge is -2.23. The second kappa shape index (κ2) is 5.68. The van der Waals surface area contributed by atoms with Gasteiger partial charge in [0.05, 0.1) is 13.2 Å². The number of ether oxygens (including phenoxy) is 1. The van der Waals surface area contributed by atoms with E-state index in [1.54, 1.807) is 13.2 Å². The zero-order chi connectivity index (χ0) is 14.7. The third-order valence-corrected chi connectivity index (χ3v) is 3.19. The highest BCUT2D eigenvalue weighted by molar-refractivity contribution is 5.94. The molecule has 2 rings (SSSR count). The Balaban J connectivity index is 2.17. The van der Waals surface area contributed by atoms with Gasteiger partial charge in [-0.25, -0.2) is 0 Å². The molecule has 20 heavy (non-hydrogen) atoms. The maximum atomic E-state index is 11.5. The van der Waals surface area contributed by atoms with Crippen LogP contribution in [0.2, 0.25) is 0 Å². The Morgan fingerprint density at radius 2 is 2.20 bits per heavy atom. The van der Waals surface area contributed by atoms with Crippen molar-refractivity contribution in [2.24, 2.45) is 5.73 Å². The van der Waals surface area contributed by atoms with E-state index in [1.165, 1.54) is 6.92 Å². The summed E-state index contributed by atoms with van der Waals surface area (Å²) in [4.78, 5) is 22.4. The van der Waals surface area contributed by atoms with Crippen molar-refractivity contribution in [3.8, 4) is 0 Å². The van der Waals surface area contributed by atoms with E-state index in [0.717, 1.165) is 11.3 Å². The van der Waals surface area contributed by atoms with E-state index < -0.39 is 5.91 Å². The van der Waals surface area contributed by atoms with Crippen LogP contribution in [0.5, 0.6) is 0 Å². The molecule has 7 heteroatoms. The first kappa shape index (κ1) is 14.0. The third kappa shape index (κ3) is 2.76. The molecule has 0 radical (unpaired) electrons. The lowest BCUT2D eigenvalue weighted by atomic mass is 10.0. The number of nitrogens with one attached hydrogen (secondary N) is 3. The number of carbonyl (C=O) groups excluding carboxylic acids is 2. The Bertz CT molecular complexity index is 534. The van der Waals surface area contributed by atoms with Crippen LogP contribution in [0.1, 0.15) is 13.3 Å². The summed E-state index contributed by atoms with van der Waals surface area (Å²) in [6.07, 6.45) is 4.14. The highest BCUT2D eigenvalue weighted by Crippen LogP contribution is 2.28. The van der Waals surface area contributed by atoms with Gasteiger partial charge in [0.2, 0.25) is 5.91 Å². The molecule has 1 unspecified atom stereocenters. The van der Waals surface area contributed by atoms with Gasteiger partial charge in [0.15, 0.2) is 5.88 Å². The molecule has 108 valence electrons. The van der Waals surface area contributed by atoms with Gasteiger partial charge in [0.1, 0.15) is 5.70 Å². The van der Waals surface area contributed by atoms with Gasteiger partial charge in [0, 0.05) is 19.2 Å². The van der Waals surface area contributed by atoms with E-state index in [1.807, 2.05) is 6.08 Å². The summed E-state index contributed by atoms with van der Waals surface area (Å²) in [7, 11) is 1.57. The number of carbonyl (C=O) groups is 2. The number of hydrogen-bond acceptors (Lipinski definition) is 5. The first-order valence-corrected chi connectivity index (χ1v) is 6.29. The van der Waals surface area contributed by atoms with Crippen LogP contribution in [-0.2, 0) is 14.3 Å². The molecule has 2 aliphatic rings. The van der Waals surface area contributed by atoms with Crippen molar-refractivity contribution >= 4 is 11.8 Å². The molecule has 0 aliphatic carbocycles. The van der Waals surface area contributed by atoms with E-state index in [-0.39, 0.29) is 11.9 Å². The quantitative estimate of drug-likeness (QED) is 0.527. The van der Waals surface area contributed by atoms with Crippen molar-refractivity contribution in [1.29, 1.82) is 0 Å². The van der Waals surface area contributed by atoms with Crippen molar-refractivity contribution in [3.63, 3.8) is 0 Å². The average molecular weight is 278 g/mol. The van der Waals surface area contributed by atoms with E-state index >= 15 is 0 Å². The molecule has 0 spiro atoms. The number of nitrogens with two attached hydrogens (primary N) is 1. The maximum absolute atomic E-state index is 11.5. The number of primary amides is 1. The second-order valence-corrected chi connectivity index (χ2v) is 4.56. The van der Waals surface area contributed by atoms with E-state index in [9.17, 15) is 9.59 Å². The molecule has 2 heterocycles. The van der Waals surface area contributed by atoms with E-state index in [2.05, 4.69) is 16.0 Å². The predicted octanol–water partition coefficient (Wildman–Crippen LogP) is -0.801. The number of allylic oxidation sites excluding steroid dienone is 2. The molecule has 0 saturated carbocycles. The molecule has 1 atom stereocenters. The summed E-state index contributed by atoms with van der Waals surface area (Å²) in [5, 5.41) is 8.89. The minimum atomic E-state index is -0.515. The smallest absolute Gasteiger partial charge is 0.265 e. The molecule has 0 aromatic carbocycles. The topological polar surface area (TPSA) is 105 Å². The SMILES string of the molecule is COC1=CC=C2NC(C(N)=O)=C(CCNC(C)=O)C2N1. The van der Waals surface area contributed by atoms with Crippen molar-refractivity contribution in [3.05, 3.63) is 35.0 Å². The Morgan fingerprint density at radius 1 is 1.45 bits per heavy atom. The molecular formula is C13H18N4O3. The van der Waals surface area contributed by atoms with Crippen molar-refractivity contribution < 1.29 is 14.3 Å². The van der Waals surface area contributed by atoms with Gasteiger partial charge >= 0.3 is 0 Å². The van der Waals surface area contributed by atoms with Crippen LogP contribution in [0.15, 0.2) is 35.0 Å². The highest BCUT2D eigenvalue weighted by atomic mass is 16.5. The fourth-order valence-corrected chi connectivity index (χ4v) is 2.28. The predicted molar refractivity (Wildman–Crippen MR) is 72.8 cm³/mol. The first-order valence-electron chi connectivity index (χ1n) is 6.29. The fraction of sp³-hybridized carbons (Fsp3) is 0.385. The van der Waals surface area contributed by atoms with Gasteiger partial charge < -0.3 is 26.4 Å². The highest BCUT2D eigenvalue weighted by Gasteiger charge is 2.33. The van der Waals surface area contributed by atoms with Gasteiger partial charge in [-0.05, 0) is 24.1 Å². The standard InChI is InChI=1S/C13H18N4O3/c1-7(18)15-6-5-8-11-9(16-12(8)13(14)19)3-4-10(17-11)20-2/h3-4,11,16-17H,5-6H2,1-2H3,(H2,14,19)(H,15,18). The zero-order valence-electron chi connectivity index (χ0n) is 11.4. The lowest BCUT2D eigenvalue weighted by molar-refractivity contribution is -0.119. The summed E-state index contributed by atoms with van der Waals surface area (Å²) in [5.41, 5.74) is 7.44. The Morgan fingerprint density at radius 3 is 2.80 bits per heavy atom. The third-order valence-electron chi connectivity index (χ3n) is 3.19. The fourth-order valence-electron chi connectivity index (χ4n) is 2.28. The molecule has 0 fully saturated rings. The molecule has 5 N–H and O–H groups in total. The summed E-state index contributed by atoms with van der Waals surface area (Å²) in [6.45, 7) is 1.90. The summed E-state index contributed by atoms with van der Waals surface area (Å²) in [6, 6.07) is -0.175. The number of methoxy groups -OCH3 is 1. The van der Waals surface area contributed by atoms with Crippen LogP contribution < -0.4 is 21.7 Å². The molecule has 2 amide bonds. The van der Waals surface area contributed by atoms with Gasteiger partial charge in [-0.15, -0.1) is 0 Å². The molecular weight excluding hydrogens is 260 g/mol. The van der Waals surface area contributed by atoms with Crippen LogP contribution in [0.4, 0.5) is 0 Å². The summed E-state index contributed by atoms with van der Waals surface area (Å²) in [5.74, 6) is -0.00999. The lowest BCUT2D eigenvalue weighted by Crippen LogP contribution is -2.35. The van der Waals surface area contributed by atoms with E-state index in [4.69, 9.17) is 10.5 Å². The maximum Gasteiger partial charge on any atom is 0.265 e. The van der Waals surface area contributed by atoms with Crippen LogP contribution in [-0.4, -0.2) is 31.5 Å².